The van der Waals surface area contributed by atoms with Crippen LogP contribution in [0.5, 0.6) is 0 Å². The Morgan fingerprint density at radius 1 is 0.680 bits per heavy atom. The number of rotatable bonds is 7. The Kier molecular flexibility index (Phi) is 17.0. The predicted molar refractivity (Wildman–Crippen MR) is 211 cm³/mol. The topological polar surface area (TPSA) is 87.5 Å². The average molecular weight is 805 g/mol. The van der Waals surface area contributed by atoms with Crippen molar-refractivity contribution >= 4 is 40.4 Å². The van der Waals surface area contributed by atoms with Crippen LogP contribution in [0.4, 0.5) is 17.1 Å². The molecule has 4 aromatic rings. The molecule has 6 rings (SSSR count). The molecule has 271 valence electrons. The Bertz CT molecular complexity index is 1660. The molecule has 2 aliphatic rings. The van der Waals surface area contributed by atoms with Crippen molar-refractivity contribution in [3.8, 4) is 22.3 Å². The van der Waals surface area contributed by atoms with Crippen molar-refractivity contribution in [3.63, 3.8) is 0 Å². The van der Waals surface area contributed by atoms with Gasteiger partial charge in [-0.3, -0.25) is 0 Å². The number of hydrogen-bond acceptors (Lipinski definition) is 5. The first-order chi connectivity index (χ1) is 23.5. The van der Waals surface area contributed by atoms with E-state index in [-0.39, 0.29) is 28.3 Å². The number of nitrogens with zero attached hydrogens (tertiary/aromatic N) is 2. The zero-order valence-corrected chi connectivity index (χ0v) is 33.4. The van der Waals surface area contributed by atoms with Crippen LogP contribution in [0.15, 0.2) is 91.0 Å². The number of anilines is 2. The van der Waals surface area contributed by atoms with Crippen molar-refractivity contribution < 1.29 is 33.4 Å². The zero-order valence-electron chi connectivity index (χ0n) is 30.2. The summed E-state index contributed by atoms with van der Waals surface area (Å²) >= 11 is 0. The molecule has 0 spiro atoms. The van der Waals surface area contributed by atoms with Crippen LogP contribution in [0, 0.1) is 6.07 Å². The maximum atomic E-state index is 9.08. The van der Waals surface area contributed by atoms with Crippen LogP contribution < -0.4 is 15.1 Å². The van der Waals surface area contributed by atoms with Crippen LogP contribution in [-0.4, -0.2) is 58.7 Å². The van der Waals surface area contributed by atoms with Crippen molar-refractivity contribution in [2.45, 2.75) is 75.5 Å². The van der Waals surface area contributed by atoms with Crippen LogP contribution >= 0.6 is 7.92 Å². The Balaban J connectivity index is 0.000000293. The first-order valence-corrected chi connectivity index (χ1v) is 20.8. The summed E-state index contributed by atoms with van der Waals surface area (Å²) in [4.78, 5) is 4.59. The van der Waals surface area contributed by atoms with Gasteiger partial charge in [0.2, 0.25) is 0 Å². The van der Waals surface area contributed by atoms with Gasteiger partial charge in [0.05, 0.1) is 10.1 Å². The van der Waals surface area contributed by atoms with Crippen LogP contribution in [-0.2, 0) is 30.5 Å². The molecule has 2 fully saturated rings. The molecule has 1 radical (unpaired) electrons. The molecule has 9 heteroatoms. The largest absolute Gasteiger partial charge is 2.00 e. The van der Waals surface area contributed by atoms with E-state index in [9.17, 15) is 0 Å². The van der Waals surface area contributed by atoms with Gasteiger partial charge in [0, 0.05) is 51.4 Å². The van der Waals surface area contributed by atoms with Crippen molar-refractivity contribution in [2.75, 3.05) is 44.2 Å². The zero-order chi connectivity index (χ0) is 35.4. The fraction of sp³-hybridized carbons (Fsp3) is 0.415. The van der Waals surface area contributed by atoms with Crippen molar-refractivity contribution in [2.24, 2.45) is 0 Å². The summed E-state index contributed by atoms with van der Waals surface area (Å²) < 4.78 is 27.2. The molecule has 0 unspecified atom stereocenters. The van der Waals surface area contributed by atoms with Crippen molar-refractivity contribution in [1.82, 2.24) is 0 Å². The van der Waals surface area contributed by atoms with E-state index in [0.29, 0.717) is 11.9 Å². The Morgan fingerprint density at radius 3 is 1.60 bits per heavy atom. The molecule has 0 amide bonds. The first-order valence-electron chi connectivity index (χ1n) is 17.5. The molecular formula is C41H53N3O3PPdS. The van der Waals surface area contributed by atoms with E-state index in [1.54, 1.807) is 11.4 Å². The molecule has 2 saturated carbocycles. The van der Waals surface area contributed by atoms with E-state index in [2.05, 4.69) is 86.5 Å². The minimum absolute atomic E-state index is 0. The van der Waals surface area contributed by atoms with E-state index in [1.165, 1.54) is 86.7 Å². The Labute approximate surface area is 317 Å². The van der Waals surface area contributed by atoms with Crippen LogP contribution in [0.25, 0.3) is 28.0 Å². The number of hydrogen-bond donors (Lipinski definition) is 0. The van der Waals surface area contributed by atoms with Gasteiger partial charge in [0.15, 0.2) is 0 Å². The summed E-state index contributed by atoms with van der Waals surface area (Å²) in [5.41, 5.74) is 17.6. The summed E-state index contributed by atoms with van der Waals surface area (Å²) in [7, 11) is 4.69. The minimum atomic E-state index is -3.92. The average Bonchev–Trinajstić information content (AvgIpc) is 3.09. The third-order valence-corrected chi connectivity index (χ3v) is 12.9. The van der Waals surface area contributed by atoms with Crippen molar-refractivity contribution in [1.29, 1.82) is 0 Å². The summed E-state index contributed by atoms with van der Waals surface area (Å²) in [5, 5.41) is 1.69. The third-order valence-electron chi connectivity index (χ3n) is 9.30. The smallest absolute Gasteiger partial charge is 0.748 e. The van der Waals surface area contributed by atoms with E-state index in [4.69, 9.17) is 18.7 Å². The van der Waals surface area contributed by atoms with Gasteiger partial charge in [0.1, 0.15) is 0 Å². The van der Waals surface area contributed by atoms with Gasteiger partial charge in [-0.2, -0.15) is 0 Å². The molecule has 0 bridgehead atoms. The number of benzene rings is 4. The second kappa shape index (κ2) is 20.4. The SMILES string of the molecule is CN(C)c1cccc(N(C)C)c1-c1ccccc1P(C1CCCCC1)C1CCCCC1.CS(=O)(=O)[O-].[NH-]c1ccccc1-c1[c]cccc1.[Pd+2]. The molecule has 0 aromatic heterocycles. The Morgan fingerprint density at radius 2 is 1.14 bits per heavy atom. The van der Waals surface area contributed by atoms with Crippen LogP contribution in [0.1, 0.15) is 64.2 Å². The molecule has 50 heavy (non-hydrogen) atoms. The molecular weight excluding hydrogens is 752 g/mol. The minimum Gasteiger partial charge on any atom is -0.748 e. The molecule has 6 nitrogen and oxygen atoms in total. The van der Waals surface area contributed by atoms with Crippen LogP contribution in [0.2, 0.25) is 0 Å². The van der Waals surface area contributed by atoms with Gasteiger partial charge in [-0.25, -0.2) is 8.42 Å². The Hall–Kier alpha value is -2.72. The van der Waals surface area contributed by atoms with Gasteiger partial charge in [-0.15, -0.1) is 5.69 Å². The molecule has 0 atom stereocenters. The molecule has 4 aromatic carbocycles. The standard InChI is InChI=1S/C28H41N2P.C12H9N.CH4O3S.Pd/c1-29(2)25-19-13-20-26(30(3)4)28(25)24-18-11-12-21-27(24)31(22-14-7-5-8-15-22)23-16-9-6-10-17-23;13-12-9-5-4-8-11(12)10-6-2-1-3-7-10;1-5(2,3)4;/h11-13,18-23H,5-10,14-17H2,1-4H3;1-6,8-9,13H;1H3,(H,2,3,4);/q;-1;;+2/p-1. The third kappa shape index (κ3) is 12.2. The second-order valence-corrected chi connectivity index (χ2v) is 17.7. The predicted octanol–water partition coefficient (Wildman–Crippen LogP) is 10.3. The van der Waals surface area contributed by atoms with Gasteiger partial charge in [0.25, 0.3) is 0 Å². The summed E-state index contributed by atoms with van der Waals surface area (Å²) in [5.74, 6) is 0. The van der Waals surface area contributed by atoms with Crippen molar-refractivity contribution in [3.05, 3.63) is 103 Å². The quantitative estimate of drug-likeness (QED) is 0.105. The van der Waals surface area contributed by atoms with E-state index in [1.807, 2.05) is 42.5 Å². The summed E-state index contributed by atoms with van der Waals surface area (Å²) in [6.45, 7) is 0. The normalized spacial score (nSPS) is 15.1. The second-order valence-electron chi connectivity index (χ2n) is 13.5. The fourth-order valence-electron chi connectivity index (χ4n) is 7.15. The van der Waals surface area contributed by atoms with Crippen LogP contribution in [0.3, 0.4) is 0 Å². The molecule has 0 aliphatic heterocycles. The van der Waals surface area contributed by atoms with Gasteiger partial charge in [-0.1, -0.05) is 125 Å². The summed E-state index contributed by atoms with van der Waals surface area (Å²) in [6.07, 6.45) is 15.1. The monoisotopic (exact) mass is 804 g/mol. The van der Waals surface area contributed by atoms with Gasteiger partial charge >= 0.3 is 20.4 Å². The van der Waals surface area contributed by atoms with Gasteiger partial charge < -0.3 is 20.1 Å². The van der Waals surface area contributed by atoms with Gasteiger partial charge in [-0.05, 0) is 77.2 Å². The first kappa shape index (κ1) is 41.7. The molecule has 0 saturated heterocycles. The summed E-state index contributed by atoms with van der Waals surface area (Å²) in [6, 6.07) is 34.7. The number of nitrogens with one attached hydrogen (secondary N) is 1. The fourth-order valence-corrected chi connectivity index (χ4v) is 11.1. The molecule has 0 heterocycles. The van der Waals surface area contributed by atoms with E-state index >= 15 is 0 Å². The maximum absolute atomic E-state index is 9.08. The molecule has 2 aliphatic carbocycles. The molecule has 1 N–H and O–H groups in total. The maximum Gasteiger partial charge on any atom is 2.00 e. The van der Waals surface area contributed by atoms with E-state index < -0.39 is 10.1 Å². The van der Waals surface area contributed by atoms with E-state index in [0.717, 1.165) is 22.4 Å².